The van der Waals surface area contributed by atoms with Crippen LogP contribution in [0.4, 0.5) is 4.39 Å². The highest BCUT2D eigenvalue weighted by atomic mass is 35.5. The van der Waals surface area contributed by atoms with E-state index in [2.05, 4.69) is 0 Å². The van der Waals surface area contributed by atoms with Crippen molar-refractivity contribution in [3.8, 4) is 5.75 Å². The maximum absolute atomic E-state index is 14.7. The average Bonchev–Trinajstić information content (AvgIpc) is 2.89. The summed E-state index contributed by atoms with van der Waals surface area (Å²) in [6.07, 6.45) is 0. The molecule has 0 bridgehead atoms. The zero-order chi connectivity index (χ0) is 19.2. The van der Waals surface area contributed by atoms with Crippen molar-refractivity contribution >= 4 is 34.3 Å². The molecule has 7 heteroatoms. The summed E-state index contributed by atoms with van der Waals surface area (Å²) in [4.78, 5) is 24.7. The summed E-state index contributed by atoms with van der Waals surface area (Å²) in [5.41, 5.74) is 6.60. The van der Waals surface area contributed by atoms with Crippen LogP contribution in [0.5, 0.6) is 5.75 Å². The number of phenols is 1. The Balaban J connectivity index is 2.37. The highest BCUT2D eigenvalue weighted by Crippen LogP contribution is 2.37. The molecule has 2 aromatic carbocycles. The van der Waals surface area contributed by atoms with E-state index in [0.717, 1.165) is 6.07 Å². The number of nitrogens with two attached hydrogens (primary N) is 1. The number of halogens is 2. The summed E-state index contributed by atoms with van der Waals surface area (Å²) in [5.74, 6) is -3.40. The molecule has 0 saturated heterocycles. The fourth-order valence-electron chi connectivity index (χ4n) is 3.16. The van der Waals surface area contributed by atoms with Gasteiger partial charge in [-0.3, -0.25) is 14.2 Å². The van der Waals surface area contributed by atoms with Gasteiger partial charge in [0.15, 0.2) is 11.6 Å². The molecule has 3 aromatic rings. The second-order valence-electron chi connectivity index (χ2n) is 6.07. The number of rotatable bonds is 3. The smallest absolute Gasteiger partial charge is 0.262 e. The van der Waals surface area contributed by atoms with E-state index in [1.54, 1.807) is 25.1 Å². The Morgan fingerprint density at radius 1 is 1.27 bits per heavy atom. The molecule has 0 spiro atoms. The number of phenolic OH excluding ortho intramolecular Hbond substituents is 1. The van der Waals surface area contributed by atoms with Gasteiger partial charge < -0.3 is 10.8 Å². The number of benzene rings is 2. The zero-order valence-corrected chi connectivity index (χ0v) is 14.8. The minimum atomic E-state index is -0.897. The van der Waals surface area contributed by atoms with Crippen molar-refractivity contribution in [2.45, 2.75) is 19.8 Å². The van der Waals surface area contributed by atoms with Gasteiger partial charge in [-0.25, -0.2) is 4.39 Å². The van der Waals surface area contributed by atoms with Crippen molar-refractivity contribution in [3.05, 3.63) is 64.1 Å². The largest absolute Gasteiger partial charge is 0.505 e. The molecule has 0 aliphatic heterocycles. The van der Waals surface area contributed by atoms with Gasteiger partial charge in [0, 0.05) is 21.7 Å². The van der Waals surface area contributed by atoms with Crippen molar-refractivity contribution in [3.63, 3.8) is 0 Å². The summed E-state index contributed by atoms with van der Waals surface area (Å²) in [6.45, 7) is 3.13. The maximum Gasteiger partial charge on any atom is 0.262 e. The van der Waals surface area contributed by atoms with Gasteiger partial charge in [-0.05, 0) is 49.7 Å². The van der Waals surface area contributed by atoms with Gasteiger partial charge in [0.1, 0.15) is 0 Å². The van der Waals surface area contributed by atoms with E-state index in [4.69, 9.17) is 17.3 Å². The molecule has 3 rings (SSSR count). The Kier molecular flexibility index (Phi) is 4.46. The van der Waals surface area contributed by atoms with E-state index < -0.39 is 29.3 Å². The first-order valence-electron chi connectivity index (χ1n) is 7.86. The van der Waals surface area contributed by atoms with Crippen molar-refractivity contribution in [1.29, 1.82) is 0 Å². The summed E-state index contributed by atoms with van der Waals surface area (Å²) in [6, 6.07) is 8.96. The van der Waals surface area contributed by atoms with Crippen molar-refractivity contribution in [2.75, 3.05) is 0 Å². The van der Waals surface area contributed by atoms with Gasteiger partial charge in [-0.15, -0.1) is 0 Å². The van der Waals surface area contributed by atoms with Crippen LogP contribution in [0, 0.1) is 12.7 Å². The highest BCUT2D eigenvalue weighted by molar-refractivity contribution is 6.31. The number of nitrogens with zero attached hydrogens (tertiary/aromatic N) is 1. The first kappa shape index (κ1) is 17.9. The van der Waals surface area contributed by atoms with Crippen LogP contribution in [-0.2, 0) is 4.79 Å². The molecule has 1 aromatic heterocycles. The zero-order valence-electron chi connectivity index (χ0n) is 14.1. The van der Waals surface area contributed by atoms with Gasteiger partial charge in [-0.1, -0.05) is 17.7 Å². The topological polar surface area (TPSA) is 85.3 Å². The summed E-state index contributed by atoms with van der Waals surface area (Å²) in [5, 5.41) is 10.1. The molecule has 0 aliphatic carbocycles. The van der Waals surface area contributed by atoms with Gasteiger partial charge in [-0.2, -0.15) is 0 Å². The molecule has 0 fully saturated rings. The van der Waals surface area contributed by atoms with Crippen LogP contribution >= 0.6 is 11.6 Å². The van der Waals surface area contributed by atoms with Crippen LogP contribution in [0.3, 0.4) is 0 Å². The van der Waals surface area contributed by atoms with Gasteiger partial charge in [0.25, 0.3) is 5.91 Å². The highest BCUT2D eigenvalue weighted by Gasteiger charge is 2.28. The third kappa shape index (κ3) is 2.72. The first-order chi connectivity index (χ1) is 12.2. The molecular weight excluding hydrogens is 359 g/mol. The van der Waals surface area contributed by atoms with E-state index in [1.807, 2.05) is 0 Å². The molecule has 0 aliphatic rings. The van der Waals surface area contributed by atoms with E-state index in [-0.39, 0.29) is 16.5 Å². The molecule has 134 valence electrons. The fourth-order valence-corrected chi connectivity index (χ4v) is 3.35. The van der Waals surface area contributed by atoms with Crippen LogP contribution in [0.15, 0.2) is 36.4 Å². The summed E-state index contributed by atoms with van der Waals surface area (Å²) in [7, 11) is 0. The van der Waals surface area contributed by atoms with Crippen LogP contribution in [0.25, 0.3) is 10.9 Å². The maximum atomic E-state index is 14.7. The third-order valence-corrected chi connectivity index (χ3v) is 4.70. The molecular formula is C19H16ClFN2O3. The Morgan fingerprint density at radius 3 is 2.58 bits per heavy atom. The Labute approximate surface area is 153 Å². The molecule has 3 N–H and O–H groups in total. The second-order valence-corrected chi connectivity index (χ2v) is 6.50. The standard InChI is InChI=1S/C19H16ClFN2O3/c1-9(18(22)25)15-10(2)23(13-6-7-14(24)17(21)16(13)15)19(26)11-4-3-5-12(20)8-11/h3-9,24H,1-2H3,(H2,22,25). The molecule has 1 unspecified atom stereocenters. The number of hydrogen-bond donors (Lipinski definition) is 2. The van der Waals surface area contributed by atoms with Crippen molar-refractivity contribution < 1.29 is 19.1 Å². The second kappa shape index (κ2) is 6.46. The summed E-state index contributed by atoms with van der Waals surface area (Å²) >= 11 is 5.96. The minimum absolute atomic E-state index is 0.00387. The minimum Gasteiger partial charge on any atom is -0.505 e. The van der Waals surface area contributed by atoms with E-state index in [9.17, 15) is 19.1 Å². The average molecular weight is 375 g/mol. The number of carbonyl (C=O) groups excluding carboxylic acids is 2. The molecule has 1 amide bonds. The molecule has 1 atom stereocenters. The number of primary amides is 1. The predicted octanol–water partition coefficient (Wildman–Crippen LogP) is 3.73. The van der Waals surface area contributed by atoms with Crippen LogP contribution in [-0.4, -0.2) is 21.5 Å². The Morgan fingerprint density at radius 2 is 1.96 bits per heavy atom. The molecule has 5 nitrogen and oxygen atoms in total. The number of aromatic hydroxyl groups is 1. The number of amides is 1. The van der Waals surface area contributed by atoms with Gasteiger partial charge in [0.05, 0.1) is 11.4 Å². The van der Waals surface area contributed by atoms with E-state index in [0.29, 0.717) is 16.3 Å². The van der Waals surface area contributed by atoms with Crippen LogP contribution in [0.1, 0.15) is 34.5 Å². The Hall–Kier alpha value is -2.86. The number of aromatic nitrogens is 1. The van der Waals surface area contributed by atoms with E-state index in [1.165, 1.54) is 23.6 Å². The third-order valence-electron chi connectivity index (χ3n) is 4.47. The lowest BCUT2D eigenvalue weighted by Crippen LogP contribution is -2.20. The number of fused-ring (bicyclic) bond motifs is 1. The monoisotopic (exact) mass is 374 g/mol. The van der Waals surface area contributed by atoms with Crippen LogP contribution < -0.4 is 5.73 Å². The lowest BCUT2D eigenvalue weighted by molar-refractivity contribution is -0.119. The number of hydrogen-bond acceptors (Lipinski definition) is 3. The predicted molar refractivity (Wildman–Crippen MR) is 97.1 cm³/mol. The summed E-state index contributed by atoms with van der Waals surface area (Å²) < 4.78 is 16.0. The fraction of sp³-hybridized carbons (Fsp3) is 0.158. The Bertz CT molecular complexity index is 1060. The molecule has 0 saturated carbocycles. The lowest BCUT2D eigenvalue weighted by atomic mass is 9.97. The van der Waals surface area contributed by atoms with Crippen LogP contribution in [0.2, 0.25) is 5.02 Å². The SMILES string of the molecule is Cc1c(C(C)C(N)=O)c2c(F)c(O)ccc2n1C(=O)c1cccc(Cl)c1. The van der Waals surface area contributed by atoms with Crippen molar-refractivity contribution in [1.82, 2.24) is 4.57 Å². The molecule has 0 radical (unpaired) electrons. The van der Waals surface area contributed by atoms with Gasteiger partial charge >= 0.3 is 0 Å². The lowest BCUT2D eigenvalue weighted by Gasteiger charge is -2.10. The van der Waals surface area contributed by atoms with E-state index >= 15 is 0 Å². The van der Waals surface area contributed by atoms with Gasteiger partial charge in [0.2, 0.25) is 5.91 Å². The molecule has 1 heterocycles. The van der Waals surface area contributed by atoms with Crippen molar-refractivity contribution in [2.24, 2.45) is 5.73 Å². The molecule has 26 heavy (non-hydrogen) atoms. The first-order valence-corrected chi connectivity index (χ1v) is 8.23. The number of carbonyl (C=O) groups is 2. The quantitative estimate of drug-likeness (QED) is 0.732. The normalized spacial score (nSPS) is 12.3.